The van der Waals surface area contributed by atoms with Crippen LogP contribution < -0.4 is 9.47 Å². The molecule has 2 aromatic carbocycles. The van der Waals surface area contributed by atoms with Crippen molar-refractivity contribution in [3.63, 3.8) is 0 Å². The van der Waals surface area contributed by atoms with Gasteiger partial charge in [-0.3, -0.25) is 4.79 Å². The largest absolute Gasteiger partial charge is 0.494 e. The predicted molar refractivity (Wildman–Crippen MR) is 106 cm³/mol. The van der Waals surface area contributed by atoms with Crippen LogP contribution in [0, 0.1) is 0 Å². The maximum absolute atomic E-state index is 12.6. The van der Waals surface area contributed by atoms with Gasteiger partial charge in [-0.2, -0.15) is 0 Å². The van der Waals surface area contributed by atoms with Crippen molar-refractivity contribution in [3.8, 4) is 11.5 Å². The molecule has 1 fully saturated rings. The molecule has 2 unspecified atom stereocenters. The van der Waals surface area contributed by atoms with Crippen molar-refractivity contribution in [2.45, 2.75) is 44.2 Å². The Kier molecular flexibility index (Phi) is 5.44. The van der Waals surface area contributed by atoms with Crippen molar-refractivity contribution in [1.82, 2.24) is 4.90 Å². The van der Waals surface area contributed by atoms with E-state index in [4.69, 9.17) is 9.47 Å². The Morgan fingerprint density at radius 2 is 2.00 bits per heavy atom. The summed E-state index contributed by atoms with van der Waals surface area (Å²) in [6.45, 7) is 1.85. The van der Waals surface area contributed by atoms with E-state index in [1.54, 1.807) is 0 Å². The Bertz CT molecular complexity index is 789. The topological polar surface area (TPSA) is 38.8 Å². The minimum Gasteiger partial charge on any atom is -0.494 e. The van der Waals surface area contributed by atoms with E-state index >= 15 is 0 Å². The molecule has 4 rings (SSSR count). The zero-order chi connectivity index (χ0) is 18.6. The predicted octanol–water partition coefficient (Wildman–Crippen LogP) is 4.65. The number of ether oxygens (including phenoxy) is 2. The third kappa shape index (κ3) is 4.16. The Morgan fingerprint density at radius 1 is 1.15 bits per heavy atom. The van der Waals surface area contributed by atoms with Gasteiger partial charge in [0.1, 0.15) is 17.6 Å². The number of nitrogens with zero attached hydrogens (tertiary/aromatic N) is 1. The number of carbonyl (C=O) groups is 1. The lowest BCUT2D eigenvalue weighted by atomic mass is 9.96. The quantitative estimate of drug-likeness (QED) is 0.773. The second-order valence-corrected chi connectivity index (χ2v) is 7.57. The Balaban J connectivity index is 1.39. The van der Waals surface area contributed by atoms with Crippen LogP contribution in [0.5, 0.6) is 11.5 Å². The summed E-state index contributed by atoms with van der Waals surface area (Å²) in [6, 6.07) is 16.1. The molecule has 142 valence electrons. The van der Waals surface area contributed by atoms with E-state index in [1.165, 1.54) is 25.8 Å². The second kappa shape index (κ2) is 8.13. The number of Topliss-reactive ketones (excluding diaryl/α,β-unsaturated/α-hetero) is 1. The van der Waals surface area contributed by atoms with Gasteiger partial charge in [-0.15, -0.1) is 0 Å². The fourth-order valence-electron chi connectivity index (χ4n) is 4.07. The number of ketones is 1. The van der Waals surface area contributed by atoms with Crippen LogP contribution in [-0.4, -0.2) is 36.9 Å². The lowest BCUT2D eigenvalue weighted by molar-refractivity contribution is 0.0849. The van der Waals surface area contributed by atoms with Crippen LogP contribution in [0.1, 0.15) is 54.1 Å². The molecule has 1 saturated heterocycles. The molecule has 0 spiro atoms. The number of rotatable bonds is 5. The van der Waals surface area contributed by atoms with Crippen LogP contribution in [0.15, 0.2) is 48.5 Å². The fourth-order valence-corrected chi connectivity index (χ4v) is 4.07. The second-order valence-electron chi connectivity index (χ2n) is 7.57. The smallest absolute Gasteiger partial charge is 0.170 e. The zero-order valence-electron chi connectivity index (χ0n) is 15.9. The van der Waals surface area contributed by atoms with Crippen molar-refractivity contribution < 1.29 is 14.3 Å². The van der Waals surface area contributed by atoms with Gasteiger partial charge in [0.2, 0.25) is 0 Å². The Morgan fingerprint density at radius 3 is 2.81 bits per heavy atom. The van der Waals surface area contributed by atoms with Crippen LogP contribution in [0.4, 0.5) is 0 Å². The summed E-state index contributed by atoms with van der Waals surface area (Å²) < 4.78 is 12.0. The molecule has 2 aliphatic rings. The van der Waals surface area contributed by atoms with Gasteiger partial charge in [0, 0.05) is 6.04 Å². The van der Waals surface area contributed by atoms with E-state index in [0.717, 1.165) is 17.7 Å². The summed E-state index contributed by atoms with van der Waals surface area (Å²) in [5.41, 5.74) is 1.67. The number of hydrogen-bond acceptors (Lipinski definition) is 4. The monoisotopic (exact) mass is 365 g/mol. The van der Waals surface area contributed by atoms with E-state index in [-0.39, 0.29) is 11.9 Å². The molecule has 0 amide bonds. The number of carbonyl (C=O) groups excluding carboxylic acids is 1. The van der Waals surface area contributed by atoms with Crippen LogP contribution in [-0.2, 0) is 0 Å². The lowest BCUT2D eigenvalue weighted by Crippen LogP contribution is -2.37. The molecule has 0 N–H and O–H groups in total. The molecule has 2 aromatic rings. The third-order valence-corrected chi connectivity index (χ3v) is 5.70. The summed E-state index contributed by atoms with van der Waals surface area (Å²) in [7, 11) is 2.20. The highest BCUT2D eigenvalue weighted by Crippen LogP contribution is 2.36. The molecule has 0 aliphatic carbocycles. The molecule has 4 nitrogen and oxygen atoms in total. The van der Waals surface area contributed by atoms with Crippen LogP contribution >= 0.6 is 0 Å². The molecule has 2 atom stereocenters. The van der Waals surface area contributed by atoms with E-state index in [9.17, 15) is 4.79 Å². The molecule has 4 heteroatoms. The van der Waals surface area contributed by atoms with Crippen molar-refractivity contribution in [1.29, 1.82) is 0 Å². The van der Waals surface area contributed by atoms with Gasteiger partial charge in [-0.1, -0.05) is 36.8 Å². The minimum atomic E-state index is -0.209. The van der Waals surface area contributed by atoms with Gasteiger partial charge in [-0.05, 0) is 56.6 Å². The average Bonchev–Trinajstić information content (AvgIpc) is 2.70. The molecule has 2 heterocycles. The molecule has 0 aromatic heterocycles. The van der Waals surface area contributed by atoms with Crippen molar-refractivity contribution in [2.24, 2.45) is 0 Å². The van der Waals surface area contributed by atoms with E-state index in [1.807, 2.05) is 48.5 Å². The first-order valence-corrected chi connectivity index (χ1v) is 9.92. The standard InChI is InChI=1S/C23H27NO3/c1-24-13-6-5-9-18(24)12-14-26-19-10-11-22-20(15-19)21(25)16-23(27-22)17-7-3-2-4-8-17/h2-4,7-8,10-11,15,18,23H,5-6,9,12-14,16H2,1H3. The first kappa shape index (κ1) is 18.1. The maximum Gasteiger partial charge on any atom is 0.170 e. The number of piperidine rings is 1. The van der Waals surface area contributed by atoms with Gasteiger partial charge >= 0.3 is 0 Å². The Hall–Kier alpha value is -2.33. The molecule has 27 heavy (non-hydrogen) atoms. The SMILES string of the molecule is CN1CCCCC1CCOc1ccc2c(c1)C(=O)CC(c1ccccc1)O2. The molecule has 0 bridgehead atoms. The normalized spacial score (nSPS) is 22.8. The Labute approximate surface area is 161 Å². The number of hydrogen-bond donors (Lipinski definition) is 0. The first-order valence-electron chi connectivity index (χ1n) is 9.92. The summed E-state index contributed by atoms with van der Waals surface area (Å²) in [6.07, 6.45) is 5.03. The van der Waals surface area contributed by atoms with Crippen LogP contribution in [0.3, 0.4) is 0 Å². The summed E-state index contributed by atoms with van der Waals surface area (Å²) in [5, 5.41) is 0. The summed E-state index contributed by atoms with van der Waals surface area (Å²) >= 11 is 0. The highest BCUT2D eigenvalue weighted by atomic mass is 16.5. The van der Waals surface area contributed by atoms with Gasteiger partial charge in [0.05, 0.1) is 18.6 Å². The maximum atomic E-state index is 12.6. The zero-order valence-corrected chi connectivity index (χ0v) is 15.9. The molecule has 2 aliphatic heterocycles. The highest BCUT2D eigenvalue weighted by molar-refractivity contribution is 6.00. The minimum absolute atomic E-state index is 0.113. The number of likely N-dealkylation sites (tertiary alicyclic amines) is 1. The molecular weight excluding hydrogens is 338 g/mol. The molecule has 0 radical (unpaired) electrons. The van der Waals surface area contributed by atoms with Gasteiger partial charge in [0.25, 0.3) is 0 Å². The number of benzene rings is 2. The fraction of sp³-hybridized carbons (Fsp3) is 0.435. The third-order valence-electron chi connectivity index (χ3n) is 5.70. The van der Waals surface area contributed by atoms with E-state index in [2.05, 4.69) is 11.9 Å². The average molecular weight is 365 g/mol. The summed E-state index contributed by atoms with van der Waals surface area (Å²) in [5.74, 6) is 1.52. The van der Waals surface area contributed by atoms with E-state index in [0.29, 0.717) is 30.4 Å². The van der Waals surface area contributed by atoms with Crippen molar-refractivity contribution in [2.75, 3.05) is 20.2 Å². The van der Waals surface area contributed by atoms with Gasteiger partial charge in [-0.25, -0.2) is 0 Å². The lowest BCUT2D eigenvalue weighted by Gasteiger charge is -2.32. The van der Waals surface area contributed by atoms with Gasteiger partial charge in [0.15, 0.2) is 5.78 Å². The van der Waals surface area contributed by atoms with Crippen LogP contribution in [0.25, 0.3) is 0 Å². The number of fused-ring (bicyclic) bond motifs is 1. The molecular formula is C23H27NO3. The van der Waals surface area contributed by atoms with Crippen molar-refractivity contribution in [3.05, 3.63) is 59.7 Å². The molecule has 0 saturated carbocycles. The highest BCUT2D eigenvalue weighted by Gasteiger charge is 2.28. The van der Waals surface area contributed by atoms with Crippen molar-refractivity contribution >= 4 is 5.78 Å². The van der Waals surface area contributed by atoms with Gasteiger partial charge < -0.3 is 14.4 Å². The first-order chi connectivity index (χ1) is 13.2. The summed E-state index contributed by atoms with van der Waals surface area (Å²) in [4.78, 5) is 15.1. The van der Waals surface area contributed by atoms with Crippen LogP contribution in [0.2, 0.25) is 0 Å². The van der Waals surface area contributed by atoms with E-state index < -0.39 is 0 Å².